The molecule has 4 heteroatoms. The molecule has 0 aliphatic heterocycles. The summed E-state index contributed by atoms with van der Waals surface area (Å²) in [5, 5.41) is 0. The summed E-state index contributed by atoms with van der Waals surface area (Å²) < 4.78 is 0. The summed E-state index contributed by atoms with van der Waals surface area (Å²) in [4.78, 5) is 22.1. The summed E-state index contributed by atoms with van der Waals surface area (Å²) in [6.07, 6.45) is 3.44. The predicted molar refractivity (Wildman–Crippen MR) is 75.3 cm³/mol. The number of carbonyl (C=O) groups excluding carboxylic acids is 1. The molecule has 4 nitrogen and oxygen atoms in total. The second-order valence-electron chi connectivity index (χ2n) is 4.50. The van der Waals surface area contributed by atoms with Crippen molar-refractivity contribution in [1.82, 2.24) is 9.97 Å². The largest absolute Gasteiger partial charge is 0.351 e. The van der Waals surface area contributed by atoms with Crippen LogP contribution in [-0.4, -0.2) is 22.8 Å². The highest BCUT2D eigenvalue weighted by molar-refractivity contribution is 5.94. The van der Waals surface area contributed by atoms with Gasteiger partial charge in [-0.25, -0.2) is 4.98 Å². The van der Waals surface area contributed by atoms with Crippen LogP contribution in [0.2, 0.25) is 0 Å². The number of nitrogens with zero attached hydrogens (tertiary/aromatic N) is 3. The number of carbonyl (C=O) groups is 1. The van der Waals surface area contributed by atoms with Gasteiger partial charge in [0.05, 0.1) is 11.7 Å². The highest BCUT2D eigenvalue weighted by Gasteiger charge is 2.15. The Morgan fingerprint density at radius 1 is 1.21 bits per heavy atom. The molecule has 0 spiro atoms. The fourth-order valence-corrected chi connectivity index (χ4v) is 1.85. The van der Waals surface area contributed by atoms with Gasteiger partial charge in [-0.15, -0.1) is 0 Å². The molecule has 0 N–H and O–H groups in total. The van der Waals surface area contributed by atoms with Crippen molar-refractivity contribution in [2.45, 2.75) is 19.9 Å². The molecular weight excluding hydrogens is 238 g/mol. The maximum Gasteiger partial charge on any atom is 0.159 e. The van der Waals surface area contributed by atoms with E-state index in [1.165, 1.54) is 0 Å². The lowest BCUT2D eigenvalue weighted by molar-refractivity contribution is 0.101. The molecule has 0 radical (unpaired) electrons. The zero-order valence-corrected chi connectivity index (χ0v) is 11.4. The number of pyridine rings is 2. The Kier molecular flexibility index (Phi) is 3.90. The molecule has 2 rings (SSSR count). The van der Waals surface area contributed by atoms with Gasteiger partial charge in [-0.05, 0) is 38.1 Å². The molecule has 0 unspecified atom stereocenters. The maximum atomic E-state index is 11.4. The number of rotatable bonds is 4. The molecule has 98 valence electrons. The Bertz CT molecular complexity index is 569. The number of aromatic nitrogens is 2. The van der Waals surface area contributed by atoms with E-state index in [-0.39, 0.29) is 11.8 Å². The van der Waals surface area contributed by atoms with E-state index in [0.717, 1.165) is 11.5 Å². The minimum atomic E-state index is 0.0440. The average molecular weight is 255 g/mol. The lowest BCUT2D eigenvalue weighted by Crippen LogP contribution is -2.23. The van der Waals surface area contributed by atoms with Crippen LogP contribution in [0, 0.1) is 0 Å². The minimum absolute atomic E-state index is 0.0440. The van der Waals surface area contributed by atoms with Crippen molar-refractivity contribution >= 4 is 11.6 Å². The standard InChI is InChI=1S/C15H17N3O/c1-11(14-6-4-5-8-16-14)18(3)15-10-13(12(2)19)7-9-17-15/h4-11H,1-3H3/t11-/m1/s1. The summed E-state index contributed by atoms with van der Waals surface area (Å²) in [5.41, 5.74) is 1.64. The van der Waals surface area contributed by atoms with E-state index in [9.17, 15) is 4.79 Å². The SMILES string of the molecule is CC(=O)c1ccnc(N(C)[C@H](C)c2ccccn2)c1. The van der Waals surface area contributed by atoms with Gasteiger partial charge in [0.1, 0.15) is 5.82 Å². The molecule has 19 heavy (non-hydrogen) atoms. The highest BCUT2D eigenvalue weighted by atomic mass is 16.1. The zero-order valence-electron chi connectivity index (χ0n) is 11.4. The van der Waals surface area contributed by atoms with Gasteiger partial charge in [0.25, 0.3) is 0 Å². The van der Waals surface area contributed by atoms with Crippen LogP contribution in [0.3, 0.4) is 0 Å². The molecule has 0 aliphatic carbocycles. The third kappa shape index (κ3) is 2.96. The van der Waals surface area contributed by atoms with Crippen molar-refractivity contribution in [3.63, 3.8) is 0 Å². The van der Waals surface area contributed by atoms with E-state index in [1.54, 1.807) is 25.4 Å². The van der Waals surface area contributed by atoms with Crippen molar-refractivity contribution in [2.24, 2.45) is 0 Å². The normalized spacial score (nSPS) is 11.9. The van der Waals surface area contributed by atoms with Crippen molar-refractivity contribution < 1.29 is 4.79 Å². The van der Waals surface area contributed by atoms with Gasteiger partial charge in [0.2, 0.25) is 0 Å². The summed E-state index contributed by atoms with van der Waals surface area (Å²) in [7, 11) is 1.95. The quantitative estimate of drug-likeness (QED) is 0.788. The van der Waals surface area contributed by atoms with Crippen LogP contribution in [0.25, 0.3) is 0 Å². The third-order valence-corrected chi connectivity index (χ3v) is 3.21. The molecule has 0 saturated heterocycles. The molecule has 0 saturated carbocycles. The first-order chi connectivity index (χ1) is 9.09. The van der Waals surface area contributed by atoms with Crippen LogP contribution >= 0.6 is 0 Å². The van der Waals surface area contributed by atoms with E-state index in [1.807, 2.05) is 36.2 Å². The molecule has 0 bridgehead atoms. The number of hydrogen-bond donors (Lipinski definition) is 0. The summed E-state index contributed by atoms with van der Waals surface area (Å²) in [5.74, 6) is 0.813. The lowest BCUT2D eigenvalue weighted by Gasteiger charge is -2.25. The monoisotopic (exact) mass is 255 g/mol. The van der Waals surface area contributed by atoms with Crippen LogP contribution in [0.5, 0.6) is 0 Å². The van der Waals surface area contributed by atoms with Crippen LogP contribution in [0.4, 0.5) is 5.82 Å². The molecule has 0 aliphatic rings. The van der Waals surface area contributed by atoms with E-state index in [4.69, 9.17) is 0 Å². The highest BCUT2D eigenvalue weighted by Crippen LogP contribution is 2.22. The summed E-state index contributed by atoms with van der Waals surface area (Å²) in [6, 6.07) is 9.47. The predicted octanol–water partition coefficient (Wildman–Crippen LogP) is 2.88. The fraction of sp³-hybridized carbons (Fsp3) is 0.267. The first-order valence-corrected chi connectivity index (χ1v) is 6.20. The number of anilines is 1. The first-order valence-electron chi connectivity index (χ1n) is 6.20. The van der Waals surface area contributed by atoms with E-state index in [0.29, 0.717) is 5.56 Å². The van der Waals surface area contributed by atoms with Crippen molar-refractivity contribution in [2.75, 3.05) is 11.9 Å². The van der Waals surface area contributed by atoms with E-state index in [2.05, 4.69) is 16.9 Å². The second kappa shape index (κ2) is 5.61. The first kappa shape index (κ1) is 13.2. The van der Waals surface area contributed by atoms with Crippen molar-refractivity contribution in [3.05, 3.63) is 54.0 Å². The van der Waals surface area contributed by atoms with Crippen LogP contribution in [0.1, 0.15) is 35.9 Å². The Morgan fingerprint density at radius 3 is 2.63 bits per heavy atom. The van der Waals surface area contributed by atoms with Gasteiger partial charge in [0.15, 0.2) is 5.78 Å². The lowest BCUT2D eigenvalue weighted by atomic mass is 10.1. The molecule has 2 aromatic rings. The molecule has 0 amide bonds. The maximum absolute atomic E-state index is 11.4. The fourth-order valence-electron chi connectivity index (χ4n) is 1.85. The minimum Gasteiger partial charge on any atom is -0.351 e. The van der Waals surface area contributed by atoms with Crippen LogP contribution in [-0.2, 0) is 0 Å². The Balaban J connectivity index is 2.26. The van der Waals surface area contributed by atoms with Crippen molar-refractivity contribution in [3.8, 4) is 0 Å². The molecule has 1 atom stereocenters. The van der Waals surface area contributed by atoms with Crippen LogP contribution < -0.4 is 4.90 Å². The summed E-state index contributed by atoms with van der Waals surface area (Å²) in [6.45, 7) is 3.62. The topological polar surface area (TPSA) is 46.1 Å². The summed E-state index contributed by atoms with van der Waals surface area (Å²) >= 11 is 0. The van der Waals surface area contributed by atoms with Gasteiger partial charge in [0, 0.05) is 25.0 Å². The third-order valence-electron chi connectivity index (χ3n) is 3.21. The molecule has 2 aromatic heterocycles. The van der Waals surface area contributed by atoms with Gasteiger partial charge in [-0.1, -0.05) is 6.07 Å². The van der Waals surface area contributed by atoms with Gasteiger partial charge >= 0.3 is 0 Å². The molecule has 0 aromatic carbocycles. The van der Waals surface area contributed by atoms with Crippen molar-refractivity contribution in [1.29, 1.82) is 0 Å². The van der Waals surface area contributed by atoms with Gasteiger partial charge in [-0.2, -0.15) is 0 Å². The number of Topliss-reactive ketones (excluding diaryl/α,β-unsaturated/α-hetero) is 1. The smallest absolute Gasteiger partial charge is 0.159 e. The average Bonchev–Trinajstić information content (AvgIpc) is 2.46. The van der Waals surface area contributed by atoms with Gasteiger partial charge in [-0.3, -0.25) is 9.78 Å². The second-order valence-corrected chi connectivity index (χ2v) is 4.50. The Hall–Kier alpha value is -2.23. The molecule has 2 heterocycles. The van der Waals surface area contributed by atoms with Crippen LogP contribution in [0.15, 0.2) is 42.7 Å². The number of hydrogen-bond acceptors (Lipinski definition) is 4. The van der Waals surface area contributed by atoms with Gasteiger partial charge < -0.3 is 4.90 Å². The zero-order chi connectivity index (χ0) is 13.8. The Labute approximate surface area is 113 Å². The molecular formula is C15H17N3O. The number of ketones is 1. The van der Waals surface area contributed by atoms with E-state index < -0.39 is 0 Å². The Morgan fingerprint density at radius 2 is 2.00 bits per heavy atom. The van der Waals surface area contributed by atoms with E-state index >= 15 is 0 Å². The molecule has 0 fully saturated rings.